The van der Waals surface area contributed by atoms with Gasteiger partial charge in [0.2, 0.25) is 0 Å². The molecule has 1 aromatic carbocycles. The molecule has 0 atom stereocenters. The Morgan fingerprint density at radius 2 is 2.09 bits per heavy atom. The number of amides is 1. The van der Waals surface area contributed by atoms with Gasteiger partial charge in [0, 0.05) is 39.2 Å². The molecule has 1 aromatic heterocycles. The summed E-state index contributed by atoms with van der Waals surface area (Å²) in [7, 11) is 3.35. The zero-order chi connectivity index (χ0) is 16.5. The molecule has 0 saturated carbocycles. The van der Waals surface area contributed by atoms with Crippen LogP contribution in [0, 0.1) is 0 Å². The van der Waals surface area contributed by atoms with Crippen LogP contribution in [0.5, 0.6) is 0 Å². The van der Waals surface area contributed by atoms with Gasteiger partial charge in [-0.25, -0.2) is 0 Å². The second-order valence-electron chi connectivity index (χ2n) is 4.96. The molecule has 122 valence electrons. The Morgan fingerprint density at radius 1 is 1.22 bits per heavy atom. The van der Waals surface area contributed by atoms with Gasteiger partial charge in [0.25, 0.3) is 5.91 Å². The molecule has 0 aliphatic rings. The lowest BCUT2D eigenvalue weighted by Gasteiger charge is -2.12. The molecule has 0 radical (unpaired) electrons. The monoisotopic (exact) mass is 314 g/mol. The Bertz CT molecular complexity index is 650. The van der Waals surface area contributed by atoms with Crippen molar-refractivity contribution in [1.82, 2.24) is 16.0 Å². The molecular formula is C17H22N4O2. The molecular weight excluding hydrogens is 292 g/mol. The van der Waals surface area contributed by atoms with E-state index in [9.17, 15) is 4.79 Å². The van der Waals surface area contributed by atoms with Crippen molar-refractivity contribution in [3.05, 3.63) is 59.5 Å². The summed E-state index contributed by atoms with van der Waals surface area (Å²) < 4.78 is 5.29. The molecule has 1 heterocycles. The number of benzene rings is 1. The van der Waals surface area contributed by atoms with Crippen molar-refractivity contribution in [2.45, 2.75) is 13.0 Å². The maximum absolute atomic E-state index is 11.6. The third-order valence-corrected chi connectivity index (χ3v) is 3.34. The molecule has 6 nitrogen and oxygen atoms in total. The lowest BCUT2D eigenvalue weighted by Crippen LogP contribution is -2.37. The van der Waals surface area contributed by atoms with E-state index in [0.717, 1.165) is 24.3 Å². The summed E-state index contributed by atoms with van der Waals surface area (Å²) in [4.78, 5) is 15.8. The van der Waals surface area contributed by atoms with Gasteiger partial charge in [-0.1, -0.05) is 12.1 Å². The molecule has 2 aromatic rings. The van der Waals surface area contributed by atoms with Crippen LogP contribution in [0.1, 0.15) is 21.7 Å². The number of rotatable bonds is 6. The number of nitrogens with one attached hydrogen (secondary N) is 3. The van der Waals surface area contributed by atoms with Gasteiger partial charge in [-0.3, -0.25) is 9.79 Å². The van der Waals surface area contributed by atoms with Crippen molar-refractivity contribution >= 4 is 11.9 Å². The fourth-order valence-corrected chi connectivity index (χ4v) is 2.13. The van der Waals surface area contributed by atoms with E-state index < -0.39 is 0 Å². The zero-order valence-corrected chi connectivity index (χ0v) is 13.4. The van der Waals surface area contributed by atoms with E-state index in [1.165, 1.54) is 0 Å². The van der Waals surface area contributed by atoms with Gasteiger partial charge in [0.15, 0.2) is 5.96 Å². The molecule has 0 aliphatic heterocycles. The molecule has 23 heavy (non-hydrogen) atoms. The van der Waals surface area contributed by atoms with Gasteiger partial charge in [0.05, 0.1) is 6.26 Å². The van der Waals surface area contributed by atoms with Crippen molar-refractivity contribution in [1.29, 1.82) is 0 Å². The molecule has 2 rings (SSSR count). The highest BCUT2D eigenvalue weighted by Crippen LogP contribution is 2.05. The number of guanidine groups is 1. The Hall–Kier alpha value is -2.76. The summed E-state index contributed by atoms with van der Waals surface area (Å²) >= 11 is 0. The fourth-order valence-electron chi connectivity index (χ4n) is 2.13. The third kappa shape index (κ3) is 5.18. The Labute approximate surface area is 136 Å². The van der Waals surface area contributed by atoms with Crippen LogP contribution >= 0.6 is 0 Å². The number of hydrogen-bond donors (Lipinski definition) is 3. The van der Waals surface area contributed by atoms with E-state index in [2.05, 4.69) is 20.9 Å². The number of furan rings is 1. The predicted molar refractivity (Wildman–Crippen MR) is 90.4 cm³/mol. The highest BCUT2D eigenvalue weighted by molar-refractivity contribution is 5.94. The second kappa shape index (κ2) is 8.63. The minimum Gasteiger partial charge on any atom is -0.469 e. The van der Waals surface area contributed by atoms with Crippen LogP contribution in [-0.2, 0) is 13.0 Å². The summed E-state index contributed by atoms with van der Waals surface area (Å²) in [5, 5.41) is 9.07. The SMILES string of the molecule is CN=C(NCCc1ccco1)NCc1cccc(C(=O)NC)c1. The normalized spacial score (nSPS) is 11.1. The van der Waals surface area contributed by atoms with Crippen molar-refractivity contribution in [3.8, 4) is 0 Å². The third-order valence-electron chi connectivity index (χ3n) is 3.34. The van der Waals surface area contributed by atoms with E-state index in [4.69, 9.17) is 4.42 Å². The molecule has 0 spiro atoms. The Morgan fingerprint density at radius 3 is 2.78 bits per heavy atom. The highest BCUT2D eigenvalue weighted by atomic mass is 16.3. The average molecular weight is 314 g/mol. The molecule has 0 bridgehead atoms. The van der Waals surface area contributed by atoms with Crippen LogP contribution in [0.4, 0.5) is 0 Å². The van der Waals surface area contributed by atoms with E-state index in [0.29, 0.717) is 18.1 Å². The molecule has 1 amide bonds. The minimum absolute atomic E-state index is 0.0900. The average Bonchev–Trinajstić information content (AvgIpc) is 3.10. The number of aliphatic imine (C=N–C) groups is 1. The van der Waals surface area contributed by atoms with Crippen LogP contribution in [0.2, 0.25) is 0 Å². The topological polar surface area (TPSA) is 78.7 Å². The first-order chi connectivity index (χ1) is 11.2. The van der Waals surface area contributed by atoms with Crippen LogP contribution < -0.4 is 16.0 Å². The van der Waals surface area contributed by atoms with Gasteiger partial charge >= 0.3 is 0 Å². The maximum Gasteiger partial charge on any atom is 0.251 e. The molecule has 0 unspecified atom stereocenters. The van der Waals surface area contributed by atoms with E-state index in [1.807, 2.05) is 30.3 Å². The minimum atomic E-state index is -0.0900. The summed E-state index contributed by atoms with van der Waals surface area (Å²) in [5.41, 5.74) is 1.66. The standard InChI is InChI=1S/C17H22N4O2/c1-18-16(22)14-6-3-5-13(11-14)12-21-17(19-2)20-9-8-15-7-4-10-23-15/h3-7,10-11H,8-9,12H2,1-2H3,(H,18,22)(H2,19,20,21). The van der Waals surface area contributed by atoms with Crippen LogP contribution in [-0.4, -0.2) is 32.5 Å². The smallest absolute Gasteiger partial charge is 0.251 e. The number of hydrogen-bond acceptors (Lipinski definition) is 3. The highest BCUT2D eigenvalue weighted by Gasteiger charge is 2.04. The fraction of sp³-hybridized carbons (Fsp3) is 0.294. The zero-order valence-electron chi connectivity index (χ0n) is 13.4. The van der Waals surface area contributed by atoms with Crippen LogP contribution in [0.25, 0.3) is 0 Å². The predicted octanol–water partition coefficient (Wildman–Crippen LogP) is 1.55. The molecule has 0 fully saturated rings. The number of carbonyl (C=O) groups excluding carboxylic acids is 1. The summed E-state index contributed by atoms with van der Waals surface area (Å²) in [6.07, 6.45) is 2.46. The van der Waals surface area contributed by atoms with E-state index in [1.54, 1.807) is 26.4 Å². The van der Waals surface area contributed by atoms with Crippen molar-refractivity contribution in [3.63, 3.8) is 0 Å². The first-order valence-electron chi connectivity index (χ1n) is 7.51. The lowest BCUT2D eigenvalue weighted by atomic mass is 10.1. The van der Waals surface area contributed by atoms with Gasteiger partial charge in [0.1, 0.15) is 5.76 Å². The lowest BCUT2D eigenvalue weighted by molar-refractivity contribution is 0.0963. The van der Waals surface area contributed by atoms with E-state index in [-0.39, 0.29) is 5.91 Å². The van der Waals surface area contributed by atoms with Crippen molar-refractivity contribution < 1.29 is 9.21 Å². The Balaban J connectivity index is 1.82. The largest absolute Gasteiger partial charge is 0.469 e. The molecule has 0 saturated heterocycles. The molecule has 0 aliphatic carbocycles. The van der Waals surface area contributed by atoms with Gasteiger partial charge < -0.3 is 20.4 Å². The van der Waals surface area contributed by atoms with Gasteiger partial charge in [-0.05, 0) is 29.8 Å². The first kappa shape index (κ1) is 16.6. The Kier molecular flexibility index (Phi) is 6.23. The molecule has 3 N–H and O–H groups in total. The van der Waals surface area contributed by atoms with Crippen LogP contribution in [0.15, 0.2) is 52.1 Å². The summed E-state index contributed by atoms with van der Waals surface area (Å²) in [5.74, 6) is 1.56. The summed E-state index contributed by atoms with van der Waals surface area (Å²) in [6, 6.07) is 11.3. The summed E-state index contributed by atoms with van der Waals surface area (Å²) in [6.45, 7) is 1.32. The van der Waals surface area contributed by atoms with E-state index >= 15 is 0 Å². The van der Waals surface area contributed by atoms with Crippen molar-refractivity contribution in [2.75, 3.05) is 20.6 Å². The van der Waals surface area contributed by atoms with Crippen LogP contribution in [0.3, 0.4) is 0 Å². The number of nitrogens with zero attached hydrogens (tertiary/aromatic N) is 1. The number of carbonyl (C=O) groups is 1. The van der Waals surface area contributed by atoms with Gasteiger partial charge in [-0.15, -0.1) is 0 Å². The second-order valence-corrected chi connectivity index (χ2v) is 4.96. The first-order valence-corrected chi connectivity index (χ1v) is 7.51. The van der Waals surface area contributed by atoms with Gasteiger partial charge in [-0.2, -0.15) is 0 Å². The maximum atomic E-state index is 11.6. The molecule has 6 heteroatoms. The quantitative estimate of drug-likeness (QED) is 0.558. The van der Waals surface area contributed by atoms with Crippen molar-refractivity contribution in [2.24, 2.45) is 4.99 Å².